The molecule has 1 radical (unpaired) electrons. The first kappa shape index (κ1) is 12.2. The summed E-state index contributed by atoms with van der Waals surface area (Å²) in [6.07, 6.45) is 6.43. The highest BCUT2D eigenvalue weighted by Gasteiger charge is 2.07. The van der Waals surface area contributed by atoms with E-state index in [1.165, 1.54) is 16.2 Å². The van der Waals surface area contributed by atoms with E-state index in [0.717, 1.165) is 25.7 Å². The summed E-state index contributed by atoms with van der Waals surface area (Å²) in [5.74, 6) is -0.0470. The summed E-state index contributed by atoms with van der Waals surface area (Å²) in [6, 6.07) is 0. The molecule has 0 aliphatic carbocycles. The van der Waals surface area contributed by atoms with Crippen LogP contribution in [0.5, 0.6) is 0 Å². The van der Waals surface area contributed by atoms with Crippen LogP contribution in [0.2, 0.25) is 0 Å². The summed E-state index contributed by atoms with van der Waals surface area (Å²) in [5.41, 5.74) is 0. The smallest absolute Gasteiger partial charge is 0.248 e. The Morgan fingerprint density at radius 2 is 2.27 bits per heavy atom. The lowest BCUT2D eigenvalue weighted by Gasteiger charge is -1.95. The van der Waals surface area contributed by atoms with Crippen LogP contribution in [0.15, 0.2) is 6.20 Å². The van der Waals surface area contributed by atoms with E-state index in [4.69, 9.17) is 0 Å². The molecule has 0 spiro atoms. The molecule has 0 bridgehead atoms. The average Bonchev–Trinajstić information content (AvgIpc) is 2.63. The van der Waals surface area contributed by atoms with Gasteiger partial charge in [-0.2, -0.15) is 5.32 Å². The van der Waals surface area contributed by atoms with Crippen LogP contribution in [-0.4, -0.2) is 10.9 Å². The highest BCUT2D eigenvalue weighted by atomic mass is 32.1. The maximum Gasteiger partial charge on any atom is 0.248 e. The molecule has 0 fully saturated rings. The molecule has 83 valence electrons. The normalized spacial score (nSPS) is 10.3. The lowest BCUT2D eigenvalue weighted by atomic mass is 10.2. The molecule has 0 atom stereocenters. The van der Waals surface area contributed by atoms with Crippen molar-refractivity contribution in [1.82, 2.24) is 10.3 Å². The van der Waals surface area contributed by atoms with Gasteiger partial charge in [-0.05, 0) is 12.8 Å². The zero-order valence-electron chi connectivity index (χ0n) is 9.32. The van der Waals surface area contributed by atoms with Gasteiger partial charge in [-0.3, -0.25) is 4.79 Å². The molecular formula is C11H17N2OS. The van der Waals surface area contributed by atoms with Crippen LogP contribution in [0.3, 0.4) is 0 Å². The molecule has 0 aliphatic heterocycles. The standard InChI is InChI=1S/C11H17N2OS/c1-3-5-7-10(14)13-11-12-8-9(15-11)6-4-2/h8H,3-7H2,1-2H3. The van der Waals surface area contributed by atoms with Crippen molar-refractivity contribution in [3.63, 3.8) is 0 Å². The number of carbonyl (C=O) groups excluding carboxylic acids is 1. The second kappa shape index (κ2) is 6.56. The van der Waals surface area contributed by atoms with E-state index in [2.05, 4.69) is 24.1 Å². The van der Waals surface area contributed by atoms with Crippen molar-refractivity contribution < 1.29 is 4.79 Å². The monoisotopic (exact) mass is 225 g/mol. The molecule has 1 aromatic heterocycles. The van der Waals surface area contributed by atoms with E-state index in [0.29, 0.717) is 11.6 Å². The topological polar surface area (TPSA) is 44.1 Å². The van der Waals surface area contributed by atoms with Crippen molar-refractivity contribution in [2.45, 2.75) is 46.0 Å². The number of rotatable bonds is 6. The van der Waals surface area contributed by atoms with Crippen molar-refractivity contribution in [1.29, 1.82) is 0 Å². The number of thiazole rings is 1. The quantitative estimate of drug-likeness (QED) is 0.747. The fourth-order valence-corrected chi connectivity index (χ4v) is 2.10. The van der Waals surface area contributed by atoms with Crippen molar-refractivity contribution in [3.05, 3.63) is 11.1 Å². The molecule has 0 unspecified atom stereocenters. The van der Waals surface area contributed by atoms with E-state index in [-0.39, 0.29) is 5.91 Å². The molecule has 1 aromatic rings. The summed E-state index contributed by atoms with van der Waals surface area (Å²) in [4.78, 5) is 16.7. The molecule has 3 nitrogen and oxygen atoms in total. The zero-order chi connectivity index (χ0) is 11.1. The number of aromatic nitrogens is 1. The Kier molecular flexibility index (Phi) is 5.32. The highest BCUT2D eigenvalue weighted by molar-refractivity contribution is 7.15. The lowest BCUT2D eigenvalue weighted by molar-refractivity contribution is -0.120. The van der Waals surface area contributed by atoms with E-state index in [9.17, 15) is 4.79 Å². The molecule has 0 saturated heterocycles. The third kappa shape index (κ3) is 4.42. The van der Waals surface area contributed by atoms with Crippen molar-refractivity contribution in [2.75, 3.05) is 0 Å². The zero-order valence-corrected chi connectivity index (χ0v) is 10.1. The van der Waals surface area contributed by atoms with Crippen LogP contribution >= 0.6 is 11.3 Å². The van der Waals surface area contributed by atoms with Gasteiger partial charge in [0.2, 0.25) is 11.0 Å². The lowest BCUT2D eigenvalue weighted by Crippen LogP contribution is -2.09. The molecule has 1 rings (SSSR count). The Bertz CT molecular complexity index is 309. The Morgan fingerprint density at radius 1 is 1.47 bits per heavy atom. The molecule has 15 heavy (non-hydrogen) atoms. The molecule has 0 N–H and O–H groups in total. The van der Waals surface area contributed by atoms with E-state index < -0.39 is 0 Å². The number of unbranched alkanes of at least 4 members (excludes halogenated alkanes) is 1. The summed E-state index contributed by atoms with van der Waals surface area (Å²) in [7, 11) is 0. The maximum atomic E-state index is 11.3. The minimum Gasteiger partial charge on any atom is -0.273 e. The second-order valence-corrected chi connectivity index (χ2v) is 4.56. The third-order valence-corrected chi connectivity index (χ3v) is 2.95. The Morgan fingerprint density at radius 3 is 2.93 bits per heavy atom. The largest absolute Gasteiger partial charge is 0.273 e. The molecule has 4 heteroatoms. The molecule has 0 saturated carbocycles. The van der Waals surface area contributed by atoms with Gasteiger partial charge in [0.05, 0.1) is 0 Å². The molecule has 1 heterocycles. The summed E-state index contributed by atoms with van der Waals surface area (Å²) in [5, 5.41) is 4.58. The minimum atomic E-state index is -0.0470. The first-order valence-corrected chi connectivity index (χ1v) is 6.27. The highest BCUT2D eigenvalue weighted by Crippen LogP contribution is 2.19. The number of amides is 1. The first-order chi connectivity index (χ1) is 7.26. The molecular weight excluding hydrogens is 208 g/mol. The van der Waals surface area contributed by atoms with Crippen LogP contribution in [0.1, 0.15) is 44.4 Å². The van der Waals surface area contributed by atoms with Gasteiger partial charge in [-0.25, -0.2) is 4.98 Å². The second-order valence-electron chi connectivity index (χ2n) is 3.47. The van der Waals surface area contributed by atoms with Gasteiger partial charge in [-0.15, -0.1) is 0 Å². The molecule has 1 amide bonds. The van der Waals surface area contributed by atoms with Gasteiger partial charge >= 0.3 is 0 Å². The maximum absolute atomic E-state index is 11.3. The number of hydrogen-bond acceptors (Lipinski definition) is 3. The van der Waals surface area contributed by atoms with Crippen LogP contribution in [0.25, 0.3) is 0 Å². The van der Waals surface area contributed by atoms with Crippen molar-refractivity contribution in [3.8, 4) is 0 Å². The Balaban J connectivity index is 2.39. The minimum absolute atomic E-state index is 0.0470. The Hall–Kier alpha value is -0.900. The molecule has 0 aliphatic rings. The van der Waals surface area contributed by atoms with E-state index in [1.54, 1.807) is 0 Å². The average molecular weight is 225 g/mol. The van der Waals surface area contributed by atoms with E-state index >= 15 is 0 Å². The fourth-order valence-electron chi connectivity index (χ4n) is 1.20. The summed E-state index contributed by atoms with van der Waals surface area (Å²) >= 11 is 1.52. The fraction of sp³-hybridized carbons (Fsp3) is 0.636. The van der Waals surface area contributed by atoms with Gasteiger partial charge in [-0.1, -0.05) is 38.0 Å². The number of carbonyl (C=O) groups is 1. The third-order valence-electron chi connectivity index (χ3n) is 2.00. The molecule has 0 aromatic carbocycles. The van der Waals surface area contributed by atoms with Crippen molar-refractivity contribution in [2.24, 2.45) is 0 Å². The Labute approximate surface area is 94.9 Å². The van der Waals surface area contributed by atoms with Crippen LogP contribution in [0.4, 0.5) is 5.13 Å². The van der Waals surface area contributed by atoms with E-state index in [1.807, 2.05) is 6.20 Å². The van der Waals surface area contributed by atoms with Gasteiger partial charge in [0.1, 0.15) is 0 Å². The predicted octanol–water partition coefficient (Wildman–Crippen LogP) is 3.05. The summed E-state index contributed by atoms with van der Waals surface area (Å²) in [6.45, 7) is 4.19. The number of aryl methyl sites for hydroxylation is 1. The van der Waals surface area contributed by atoms with Gasteiger partial charge in [0.15, 0.2) is 0 Å². The van der Waals surface area contributed by atoms with Crippen LogP contribution < -0.4 is 5.32 Å². The SMILES string of the molecule is CCCCC(=O)[N]c1ncc(CCC)s1. The van der Waals surface area contributed by atoms with Gasteiger partial charge < -0.3 is 0 Å². The van der Waals surface area contributed by atoms with Crippen LogP contribution in [-0.2, 0) is 11.2 Å². The predicted molar refractivity (Wildman–Crippen MR) is 62.4 cm³/mol. The van der Waals surface area contributed by atoms with Gasteiger partial charge in [0.25, 0.3) is 0 Å². The van der Waals surface area contributed by atoms with Crippen molar-refractivity contribution >= 4 is 22.4 Å². The first-order valence-electron chi connectivity index (χ1n) is 5.45. The van der Waals surface area contributed by atoms with Crippen LogP contribution in [0, 0.1) is 0 Å². The number of nitrogens with zero attached hydrogens (tertiary/aromatic N) is 2. The van der Waals surface area contributed by atoms with Gasteiger partial charge in [0, 0.05) is 17.5 Å². The number of hydrogen-bond donors (Lipinski definition) is 0. The summed E-state index contributed by atoms with van der Waals surface area (Å²) < 4.78 is 0.